The number of hydrogen-bond acceptors (Lipinski definition) is 2. The largest absolute Gasteiger partial charge is 0.322 e. The molecule has 3 aromatic rings. The van der Waals surface area contributed by atoms with Crippen molar-refractivity contribution in [2.24, 2.45) is 0 Å². The van der Waals surface area contributed by atoms with Crippen LogP contribution in [0.2, 0.25) is 0 Å². The molecule has 5 heteroatoms. The number of benzene rings is 2. The van der Waals surface area contributed by atoms with E-state index in [1.165, 1.54) is 11.1 Å². The number of carbonyl (C=O) groups excluding carboxylic acids is 1. The number of amides is 2. The average Bonchev–Trinajstić information content (AvgIpc) is 3.34. The van der Waals surface area contributed by atoms with Gasteiger partial charge in [-0.2, -0.15) is 5.10 Å². The van der Waals surface area contributed by atoms with Gasteiger partial charge in [0, 0.05) is 18.9 Å². The molecule has 4 rings (SSSR count). The molecule has 2 aromatic carbocycles. The second-order valence-electron chi connectivity index (χ2n) is 6.61. The van der Waals surface area contributed by atoms with Crippen LogP contribution in [0.3, 0.4) is 0 Å². The van der Waals surface area contributed by atoms with Crippen LogP contribution in [-0.4, -0.2) is 27.3 Å². The lowest BCUT2D eigenvalue weighted by Gasteiger charge is -2.27. The van der Waals surface area contributed by atoms with E-state index in [-0.39, 0.29) is 12.1 Å². The van der Waals surface area contributed by atoms with Gasteiger partial charge in [-0.1, -0.05) is 36.4 Å². The molecular weight excluding hydrogens is 324 g/mol. The van der Waals surface area contributed by atoms with Crippen molar-refractivity contribution in [3.8, 4) is 5.69 Å². The van der Waals surface area contributed by atoms with Crippen molar-refractivity contribution in [1.29, 1.82) is 0 Å². The predicted octanol–water partition coefficient (Wildman–Crippen LogP) is 4.55. The molecule has 0 bridgehead atoms. The van der Waals surface area contributed by atoms with Crippen molar-refractivity contribution in [1.82, 2.24) is 14.7 Å². The molecule has 0 aliphatic carbocycles. The summed E-state index contributed by atoms with van der Waals surface area (Å²) in [6, 6.07) is 18.0. The van der Waals surface area contributed by atoms with Crippen LogP contribution in [0.25, 0.3) is 5.69 Å². The minimum atomic E-state index is -0.0599. The first-order chi connectivity index (χ1) is 12.7. The maximum atomic E-state index is 13.0. The molecule has 1 atom stereocenters. The molecule has 0 saturated carbocycles. The van der Waals surface area contributed by atoms with E-state index < -0.39 is 0 Å². The van der Waals surface area contributed by atoms with Gasteiger partial charge in [0.25, 0.3) is 0 Å². The van der Waals surface area contributed by atoms with E-state index in [4.69, 9.17) is 0 Å². The highest BCUT2D eigenvalue weighted by Crippen LogP contribution is 2.34. The van der Waals surface area contributed by atoms with Crippen LogP contribution in [0.15, 0.2) is 67.0 Å². The van der Waals surface area contributed by atoms with Gasteiger partial charge in [-0.05, 0) is 49.1 Å². The first kappa shape index (κ1) is 16.4. The summed E-state index contributed by atoms with van der Waals surface area (Å²) in [4.78, 5) is 15.0. The molecule has 1 aliphatic heterocycles. The third-order valence-corrected chi connectivity index (χ3v) is 4.96. The number of para-hydroxylation sites is 2. The highest BCUT2D eigenvalue weighted by molar-refractivity contribution is 5.92. The zero-order chi connectivity index (χ0) is 17.9. The Hall–Kier alpha value is -3.08. The summed E-state index contributed by atoms with van der Waals surface area (Å²) in [6.45, 7) is 2.88. The van der Waals surface area contributed by atoms with E-state index in [2.05, 4.69) is 29.5 Å². The number of anilines is 1. The van der Waals surface area contributed by atoms with Crippen molar-refractivity contribution in [3.63, 3.8) is 0 Å². The van der Waals surface area contributed by atoms with Gasteiger partial charge in [0.15, 0.2) is 0 Å². The van der Waals surface area contributed by atoms with Gasteiger partial charge >= 0.3 is 6.03 Å². The van der Waals surface area contributed by atoms with Crippen LogP contribution in [0, 0.1) is 6.92 Å². The highest BCUT2D eigenvalue weighted by atomic mass is 16.2. The number of nitrogens with one attached hydrogen (secondary N) is 1. The first-order valence-corrected chi connectivity index (χ1v) is 8.96. The lowest BCUT2D eigenvalue weighted by molar-refractivity contribution is 0.207. The van der Waals surface area contributed by atoms with Gasteiger partial charge in [-0.15, -0.1) is 0 Å². The Morgan fingerprint density at radius 1 is 1.12 bits per heavy atom. The minimum absolute atomic E-state index is 0.0599. The Labute approximate surface area is 153 Å². The zero-order valence-electron chi connectivity index (χ0n) is 14.8. The second-order valence-corrected chi connectivity index (χ2v) is 6.61. The number of carbonyl (C=O) groups is 1. The number of hydrogen-bond donors (Lipinski definition) is 1. The van der Waals surface area contributed by atoms with Gasteiger partial charge in [-0.25, -0.2) is 9.48 Å². The molecule has 1 N–H and O–H groups in total. The number of nitrogens with zero attached hydrogens (tertiary/aromatic N) is 3. The number of likely N-dealkylation sites (tertiary alicyclic amines) is 1. The summed E-state index contributed by atoms with van der Waals surface area (Å²) in [5.41, 5.74) is 4.09. The number of urea groups is 1. The Balaban J connectivity index is 1.58. The molecule has 26 heavy (non-hydrogen) atoms. The van der Waals surface area contributed by atoms with Crippen LogP contribution >= 0.6 is 0 Å². The molecule has 2 heterocycles. The lowest BCUT2D eigenvalue weighted by Crippen LogP contribution is -2.35. The molecule has 5 nitrogen and oxygen atoms in total. The SMILES string of the molecule is Cc1ccccc1[C@H]1CCCN1C(=O)Nc1ccccc1-n1cccn1. The van der Waals surface area contributed by atoms with Gasteiger partial charge in [0.1, 0.15) is 0 Å². The Morgan fingerprint density at radius 3 is 2.73 bits per heavy atom. The second kappa shape index (κ2) is 7.04. The van der Waals surface area contributed by atoms with E-state index in [1.54, 1.807) is 10.9 Å². The summed E-state index contributed by atoms with van der Waals surface area (Å²) >= 11 is 0. The van der Waals surface area contributed by atoms with Crippen molar-refractivity contribution in [3.05, 3.63) is 78.1 Å². The third-order valence-electron chi connectivity index (χ3n) is 4.96. The normalized spacial score (nSPS) is 16.7. The summed E-state index contributed by atoms with van der Waals surface area (Å²) in [5.74, 6) is 0. The highest BCUT2D eigenvalue weighted by Gasteiger charge is 2.31. The Morgan fingerprint density at radius 2 is 1.92 bits per heavy atom. The van der Waals surface area contributed by atoms with Crippen molar-refractivity contribution >= 4 is 11.7 Å². The zero-order valence-corrected chi connectivity index (χ0v) is 14.8. The van der Waals surface area contributed by atoms with Crippen LogP contribution in [0.1, 0.15) is 30.0 Å². The van der Waals surface area contributed by atoms with Crippen LogP contribution in [0.5, 0.6) is 0 Å². The molecule has 0 spiro atoms. The molecular formula is C21H22N4O. The summed E-state index contributed by atoms with van der Waals surface area (Å²) in [5, 5.41) is 7.36. The standard InChI is InChI=1S/C21H22N4O/c1-16-8-2-3-9-17(16)19-12-6-14-24(19)21(26)23-18-10-4-5-11-20(18)25-15-7-13-22-25/h2-5,7-11,13,15,19H,6,12,14H2,1H3,(H,23,26)/t19-/m1/s1. The van der Waals surface area contributed by atoms with Crippen molar-refractivity contribution < 1.29 is 4.79 Å². The monoisotopic (exact) mass is 346 g/mol. The predicted molar refractivity (Wildman–Crippen MR) is 102 cm³/mol. The van der Waals surface area contributed by atoms with E-state index in [1.807, 2.05) is 53.6 Å². The van der Waals surface area contributed by atoms with Gasteiger partial charge in [0.2, 0.25) is 0 Å². The van der Waals surface area contributed by atoms with Crippen LogP contribution < -0.4 is 5.32 Å². The fourth-order valence-electron chi connectivity index (χ4n) is 3.67. The van der Waals surface area contributed by atoms with Crippen LogP contribution in [-0.2, 0) is 0 Å². The lowest BCUT2D eigenvalue weighted by atomic mass is 9.99. The summed E-state index contributed by atoms with van der Waals surface area (Å²) in [6.07, 6.45) is 5.62. The van der Waals surface area contributed by atoms with Gasteiger partial charge < -0.3 is 10.2 Å². The fourth-order valence-corrected chi connectivity index (χ4v) is 3.67. The first-order valence-electron chi connectivity index (χ1n) is 8.96. The Bertz CT molecular complexity index is 904. The number of aryl methyl sites for hydroxylation is 1. The summed E-state index contributed by atoms with van der Waals surface area (Å²) in [7, 11) is 0. The van der Waals surface area contributed by atoms with Gasteiger partial charge in [-0.3, -0.25) is 0 Å². The molecule has 0 unspecified atom stereocenters. The van der Waals surface area contributed by atoms with Crippen molar-refractivity contribution in [2.45, 2.75) is 25.8 Å². The number of aromatic nitrogens is 2. The quantitative estimate of drug-likeness (QED) is 0.756. The smallest absolute Gasteiger partial charge is 0.317 e. The minimum Gasteiger partial charge on any atom is -0.317 e. The molecule has 0 radical (unpaired) electrons. The van der Waals surface area contributed by atoms with E-state index in [0.717, 1.165) is 30.8 Å². The van der Waals surface area contributed by atoms with E-state index in [9.17, 15) is 4.79 Å². The topological polar surface area (TPSA) is 50.2 Å². The van der Waals surface area contributed by atoms with Crippen molar-refractivity contribution in [2.75, 3.05) is 11.9 Å². The number of rotatable bonds is 3. The van der Waals surface area contributed by atoms with Crippen LogP contribution in [0.4, 0.5) is 10.5 Å². The van der Waals surface area contributed by atoms with Gasteiger partial charge in [0.05, 0.1) is 17.4 Å². The summed E-state index contributed by atoms with van der Waals surface area (Å²) < 4.78 is 1.76. The molecule has 2 amide bonds. The molecule has 132 valence electrons. The third kappa shape index (κ3) is 3.08. The average molecular weight is 346 g/mol. The fraction of sp³-hybridized carbons (Fsp3) is 0.238. The van der Waals surface area contributed by atoms with E-state index >= 15 is 0 Å². The Kier molecular flexibility index (Phi) is 4.44. The molecule has 1 aliphatic rings. The molecule has 1 aromatic heterocycles. The molecule has 1 fully saturated rings. The van der Waals surface area contributed by atoms with E-state index in [0.29, 0.717) is 0 Å². The maximum Gasteiger partial charge on any atom is 0.322 e. The molecule has 1 saturated heterocycles. The maximum absolute atomic E-state index is 13.0.